The molecule has 0 unspecified atom stereocenters. The van der Waals surface area contributed by atoms with Gasteiger partial charge < -0.3 is 5.32 Å². The van der Waals surface area contributed by atoms with Gasteiger partial charge in [0, 0.05) is 25.4 Å². The molecular formula is C16H18N4O3. The number of nitrogens with zero attached hydrogens (tertiary/aromatic N) is 3. The minimum Gasteiger partial charge on any atom is -0.383 e. The van der Waals surface area contributed by atoms with Gasteiger partial charge in [-0.1, -0.05) is 12.1 Å². The van der Waals surface area contributed by atoms with Crippen molar-refractivity contribution in [1.29, 1.82) is 0 Å². The maximum absolute atomic E-state index is 12.1. The Morgan fingerprint density at radius 3 is 2.74 bits per heavy atom. The Bertz CT molecular complexity index is 762. The number of hydrogen-bond donors (Lipinski definition) is 1. The summed E-state index contributed by atoms with van der Waals surface area (Å²) in [6.45, 7) is 3.94. The SMILES string of the molecule is CNc1ccc(/C=C/C(=O)c2cnn(C(C)C)c2)cc1[N+](=O)[O-]. The molecule has 7 nitrogen and oxygen atoms in total. The van der Waals surface area contributed by atoms with Gasteiger partial charge in [0.15, 0.2) is 5.78 Å². The molecule has 0 radical (unpaired) electrons. The Balaban J connectivity index is 2.20. The number of hydrogen-bond acceptors (Lipinski definition) is 5. The highest BCUT2D eigenvalue weighted by molar-refractivity contribution is 6.06. The molecule has 7 heteroatoms. The average Bonchev–Trinajstić information content (AvgIpc) is 3.02. The van der Waals surface area contributed by atoms with Crippen molar-refractivity contribution in [2.24, 2.45) is 0 Å². The molecule has 1 N–H and O–H groups in total. The average molecular weight is 314 g/mol. The molecule has 0 saturated carbocycles. The molecule has 0 aliphatic heterocycles. The van der Waals surface area contributed by atoms with Crippen molar-refractivity contribution in [2.75, 3.05) is 12.4 Å². The van der Waals surface area contributed by atoms with Crippen LogP contribution in [0.4, 0.5) is 11.4 Å². The fourth-order valence-corrected chi connectivity index (χ4v) is 2.03. The largest absolute Gasteiger partial charge is 0.383 e. The van der Waals surface area contributed by atoms with Gasteiger partial charge in [-0.05, 0) is 31.6 Å². The number of benzene rings is 1. The molecule has 23 heavy (non-hydrogen) atoms. The van der Waals surface area contributed by atoms with Gasteiger partial charge in [0.05, 0.1) is 16.7 Å². The smallest absolute Gasteiger partial charge is 0.292 e. The van der Waals surface area contributed by atoms with E-state index in [1.54, 1.807) is 36.1 Å². The molecule has 0 amide bonds. The normalized spacial score (nSPS) is 11.1. The van der Waals surface area contributed by atoms with Gasteiger partial charge in [-0.15, -0.1) is 0 Å². The molecule has 0 saturated heterocycles. The summed E-state index contributed by atoms with van der Waals surface area (Å²) in [5.74, 6) is -0.197. The van der Waals surface area contributed by atoms with Gasteiger partial charge in [0.1, 0.15) is 5.69 Å². The lowest BCUT2D eigenvalue weighted by atomic mass is 10.1. The third-order valence-corrected chi connectivity index (χ3v) is 3.33. The van der Waals surface area contributed by atoms with Crippen molar-refractivity contribution >= 4 is 23.2 Å². The topological polar surface area (TPSA) is 90.1 Å². The Morgan fingerprint density at radius 1 is 1.43 bits per heavy atom. The molecule has 120 valence electrons. The van der Waals surface area contributed by atoms with Gasteiger partial charge in [0.2, 0.25) is 0 Å². The van der Waals surface area contributed by atoms with Crippen LogP contribution in [0.1, 0.15) is 35.8 Å². The van der Waals surface area contributed by atoms with E-state index in [4.69, 9.17) is 0 Å². The first-order chi connectivity index (χ1) is 10.9. The number of nitro benzene ring substituents is 1. The molecular weight excluding hydrogens is 296 g/mol. The second-order valence-corrected chi connectivity index (χ2v) is 5.28. The molecule has 0 fully saturated rings. The Labute approximate surface area is 133 Å². The molecule has 1 aromatic heterocycles. The maximum Gasteiger partial charge on any atom is 0.292 e. The Hall–Kier alpha value is -2.96. The zero-order chi connectivity index (χ0) is 17.0. The molecule has 2 aromatic rings. The highest BCUT2D eigenvalue weighted by Crippen LogP contribution is 2.25. The lowest BCUT2D eigenvalue weighted by Crippen LogP contribution is -2.00. The van der Waals surface area contributed by atoms with Crippen LogP contribution in [0, 0.1) is 10.1 Å². The van der Waals surface area contributed by atoms with Gasteiger partial charge in [-0.2, -0.15) is 5.10 Å². The number of rotatable bonds is 6. The first-order valence-corrected chi connectivity index (χ1v) is 7.15. The highest BCUT2D eigenvalue weighted by Gasteiger charge is 2.13. The number of nitrogens with one attached hydrogen (secondary N) is 1. The fraction of sp³-hybridized carbons (Fsp3) is 0.250. The van der Waals surface area contributed by atoms with Crippen LogP contribution < -0.4 is 5.32 Å². The first-order valence-electron chi connectivity index (χ1n) is 7.15. The van der Waals surface area contributed by atoms with Gasteiger partial charge in [-0.25, -0.2) is 0 Å². The van der Waals surface area contributed by atoms with Crippen molar-refractivity contribution in [3.63, 3.8) is 0 Å². The van der Waals surface area contributed by atoms with E-state index < -0.39 is 4.92 Å². The quantitative estimate of drug-likeness (QED) is 0.382. The lowest BCUT2D eigenvalue weighted by Gasteiger charge is -2.03. The van der Waals surface area contributed by atoms with Crippen molar-refractivity contribution < 1.29 is 9.72 Å². The van der Waals surface area contributed by atoms with Crippen molar-refractivity contribution in [3.8, 4) is 0 Å². The second-order valence-electron chi connectivity index (χ2n) is 5.28. The van der Waals surface area contributed by atoms with E-state index in [1.807, 2.05) is 13.8 Å². The molecule has 0 bridgehead atoms. The van der Waals surface area contributed by atoms with Crippen LogP contribution in [0.3, 0.4) is 0 Å². The molecule has 1 aromatic carbocycles. The van der Waals surface area contributed by atoms with E-state index in [1.165, 1.54) is 18.3 Å². The zero-order valence-electron chi connectivity index (χ0n) is 13.2. The third-order valence-electron chi connectivity index (χ3n) is 3.33. The molecule has 0 spiro atoms. The minimum absolute atomic E-state index is 0.0327. The molecule has 1 heterocycles. The summed E-state index contributed by atoms with van der Waals surface area (Å²) in [6.07, 6.45) is 6.14. The van der Waals surface area contributed by atoms with Crippen molar-refractivity contribution in [1.82, 2.24) is 9.78 Å². The van der Waals surface area contributed by atoms with E-state index in [9.17, 15) is 14.9 Å². The number of nitro groups is 1. The summed E-state index contributed by atoms with van der Waals surface area (Å²) in [5, 5.41) is 17.9. The second kappa shape index (κ2) is 6.87. The summed E-state index contributed by atoms with van der Waals surface area (Å²) in [6, 6.07) is 4.92. The fourth-order valence-electron chi connectivity index (χ4n) is 2.03. The number of allylic oxidation sites excluding steroid dienone is 1. The van der Waals surface area contributed by atoms with Gasteiger partial charge in [0.25, 0.3) is 5.69 Å². The summed E-state index contributed by atoms with van der Waals surface area (Å²) in [4.78, 5) is 22.7. The van der Waals surface area contributed by atoms with Crippen molar-refractivity contribution in [2.45, 2.75) is 19.9 Å². The van der Waals surface area contributed by atoms with E-state index in [0.717, 1.165) is 0 Å². The standard InChI is InChI=1S/C16H18N4O3/c1-11(2)19-10-13(9-18-19)16(21)7-5-12-4-6-14(17-3)15(8-12)20(22)23/h4-11,17H,1-3H3/b7-5+. The number of aromatic nitrogens is 2. The monoisotopic (exact) mass is 314 g/mol. The van der Waals surface area contributed by atoms with Gasteiger partial charge >= 0.3 is 0 Å². The summed E-state index contributed by atoms with van der Waals surface area (Å²) in [7, 11) is 1.62. The van der Waals surface area contributed by atoms with Crippen LogP contribution in [0.5, 0.6) is 0 Å². The zero-order valence-corrected chi connectivity index (χ0v) is 13.2. The summed E-state index contributed by atoms with van der Waals surface area (Å²) >= 11 is 0. The Morgan fingerprint density at radius 2 is 2.17 bits per heavy atom. The van der Waals surface area contributed by atoms with E-state index in [0.29, 0.717) is 16.8 Å². The third kappa shape index (κ3) is 3.82. The van der Waals surface area contributed by atoms with Crippen LogP contribution in [0.25, 0.3) is 6.08 Å². The van der Waals surface area contributed by atoms with Crippen LogP contribution in [0.2, 0.25) is 0 Å². The van der Waals surface area contributed by atoms with Gasteiger partial charge in [-0.3, -0.25) is 19.6 Å². The number of carbonyl (C=O) groups excluding carboxylic acids is 1. The lowest BCUT2D eigenvalue weighted by molar-refractivity contribution is -0.383. The number of ketones is 1. The van der Waals surface area contributed by atoms with Crippen molar-refractivity contribution in [3.05, 3.63) is 57.9 Å². The molecule has 2 rings (SSSR count). The van der Waals surface area contributed by atoms with Crippen LogP contribution >= 0.6 is 0 Å². The predicted molar refractivity (Wildman–Crippen MR) is 88.6 cm³/mol. The Kier molecular flexibility index (Phi) is 4.90. The first kappa shape index (κ1) is 16.4. The maximum atomic E-state index is 12.1. The van der Waals surface area contributed by atoms with Crippen LogP contribution in [-0.4, -0.2) is 27.5 Å². The summed E-state index contributed by atoms with van der Waals surface area (Å²) < 4.78 is 1.70. The molecule has 0 atom stereocenters. The van der Waals surface area contributed by atoms with Crippen LogP contribution in [0.15, 0.2) is 36.7 Å². The minimum atomic E-state index is -0.461. The van der Waals surface area contributed by atoms with E-state index in [2.05, 4.69) is 10.4 Å². The molecule has 0 aliphatic carbocycles. The predicted octanol–water partition coefficient (Wildman–Crippen LogP) is 3.31. The molecule has 0 aliphatic rings. The van der Waals surface area contributed by atoms with E-state index in [-0.39, 0.29) is 17.5 Å². The highest BCUT2D eigenvalue weighted by atomic mass is 16.6. The van der Waals surface area contributed by atoms with Crippen LogP contribution in [-0.2, 0) is 0 Å². The summed E-state index contributed by atoms with van der Waals surface area (Å²) in [5.41, 5.74) is 1.46. The number of anilines is 1. The van der Waals surface area contributed by atoms with E-state index >= 15 is 0 Å². The number of carbonyl (C=O) groups is 1.